The van der Waals surface area contributed by atoms with Crippen molar-refractivity contribution in [3.05, 3.63) is 0 Å². The van der Waals surface area contributed by atoms with Crippen molar-refractivity contribution < 1.29 is 4.21 Å². The lowest BCUT2D eigenvalue weighted by Crippen LogP contribution is -2.42. The summed E-state index contributed by atoms with van der Waals surface area (Å²) in [5.74, 6) is 0.912. The fourth-order valence-corrected chi connectivity index (χ4v) is 4.57. The summed E-state index contributed by atoms with van der Waals surface area (Å²) in [6.07, 6.45) is 7.43. The maximum Gasteiger partial charge on any atom is 0.0501 e. The van der Waals surface area contributed by atoms with Gasteiger partial charge in [-0.2, -0.15) is 0 Å². The highest BCUT2D eigenvalue weighted by atomic mass is 32.2. The topological polar surface area (TPSA) is 29.1 Å². The minimum atomic E-state index is -0.568. The van der Waals surface area contributed by atoms with Crippen LogP contribution in [0.15, 0.2) is 0 Å². The highest BCUT2D eigenvalue weighted by Crippen LogP contribution is 2.25. The number of hydrogen-bond donors (Lipinski definition) is 1. The van der Waals surface area contributed by atoms with Crippen LogP contribution in [-0.2, 0) is 10.8 Å². The normalized spacial score (nSPS) is 44.9. The summed E-state index contributed by atoms with van der Waals surface area (Å²) >= 11 is 0. The highest BCUT2D eigenvalue weighted by Gasteiger charge is 2.31. The molecule has 0 aromatic rings. The average molecular weight is 215 g/mol. The standard InChI is InChI=1S/C11H21NOS/c1-9-7-8-14(13)11-6-4-2-3-5-10(11)12-9/h9-12H,2-8H2,1H3. The zero-order chi connectivity index (χ0) is 9.97. The van der Waals surface area contributed by atoms with Gasteiger partial charge in [0.15, 0.2) is 0 Å². The predicted molar refractivity (Wildman–Crippen MR) is 60.9 cm³/mol. The molecular formula is C11H21NOS. The van der Waals surface area contributed by atoms with Crippen molar-refractivity contribution in [2.24, 2.45) is 0 Å². The quantitative estimate of drug-likeness (QED) is 0.668. The molecule has 14 heavy (non-hydrogen) atoms. The number of nitrogens with one attached hydrogen (secondary N) is 1. The van der Waals surface area contributed by atoms with E-state index in [1.54, 1.807) is 0 Å². The van der Waals surface area contributed by atoms with Gasteiger partial charge >= 0.3 is 0 Å². The second-order valence-electron chi connectivity index (χ2n) is 4.72. The van der Waals surface area contributed by atoms with Gasteiger partial charge < -0.3 is 5.32 Å². The van der Waals surface area contributed by atoms with E-state index >= 15 is 0 Å². The molecule has 1 aliphatic heterocycles. The van der Waals surface area contributed by atoms with Crippen molar-refractivity contribution in [2.45, 2.75) is 62.8 Å². The molecule has 3 heteroatoms. The van der Waals surface area contributed by atoms with Gasteiger partial charge in [0.25, 0.3) is 0 Å². The Kier molecular flexibility index (Phi) is 3.61. The van der Waals surface area contributed by atoms with Gasteiger partial charge in [-0.25, -0.2) is 0 Å². The van der Waals surface area contributed by atoms with Crippen LogP contribution in [0.3, 0.4) is 0 Å². The molecule has 4 unspecified atom stereocenters. The van der Waals surface area contributed by atoms with E-state index in [0.29, 0.717) is 17.3 Å². The fourth-order valence-electron chi connectivity index (χ4n) is 2.67. The Morgan fingerprint density at radius 2 is 1.93 bits per heavy atom. The Labute approximate surface area is 89.3 Å². The van der Waals surface area contributed by atoms with Crippen LogP contribution in [0.1, 0.15) is 45.4 Å². The molecule has 1 saturated heterocycles. The Morgan fingerprint density at radius 3 is 2.79 bits per heavy atom. The lowest BCUT2D eigenvalue weighted by molar-refractivity contribution is 0.417. The molecule has 0 amide bonds. The molecule has 82 valence electrons. The van der Waals surface area contributed by atoms with E-state index in [1.807, 2.05) is 0 Å². The molecule has 4 atom stereocenters. The predicted octanol–water partition coefficient (Wildman–Crippen LogP) is 1.82. The molecule has 0 radical (unpaired) electrons. The Balaban J connectivity index is 2.10. The summed E-state index contributed by atoms with van der Waals surface area (Å²) in [6.45, 7) is 2.23. The molecule has 0 spiro atoms. The van der Waals surface area contributed by atoms with Crippen LogP contribution in [0.5, 0.6) is 0 Å². The summed E-state index contributed by atoms with van der Waals surface area (Å²) in [5.41, 5.74) is 0. The molecule has 1 aliphatic carbocycles. The molecular weight excluding hydrogens is 194 g/mol. The van der Waals surface area contributed by atoms with Gasteiger partial charge in [-0.05, 0) is 26.2 Å². The first-order valence-corrected chi connectivity index (χ1v) is 7.29. The second kappa shape index (κ2) is 4.75. The molecule has 1 N–H and O–H groups in total. The average Bonchev–Trinajstić information content (AvgIpc) is 2.44. The van der Waals surface area contributed by atoms with E-state index in [0.717, 1.165) is 12.2 Å². The third-order valence-corrected chi connectivity index (χ3v) is 5.42. The highest BCUT2D eigenvalue weighted by molar-refractivity contribution is 7.85. The molecule has 0 bridgehead atoms. The molecule has 2 aliphatic rings. The molecule has 1 saturated carbocycles. The summed E-state index contributed by atoms with van der Waals surface area (Å²) in [4.78, 5) is 0. The van der Waals surface area contributed by atoms with Gasteiger partial charge in [0, 0.05) is 28.6 Å². The van der Waals surface area contributed by atoms with Crippen molar-refractivity contribution in [1.29, 1.82) is 0 Å². The third kappa shape index (κ3) is 2.37. The van der Waals surface area contributed by atoms with Crippen LogP contribution in [0.4, 0.5) is 0 Å². The smallest absolute Gasteiger partial charge is 0.0501 e. The van der Waals surface area contributed by atoms with Crippen molar-refractivity contribution in [1.82, 2.24) is 5.32 Å². The van der Waals surface area contributed by atoms with Crippen molar-refractivity contribution in [3.8, 4) is 0 Å². The Hall–Kier alpha value is 0.110. The van der Waals surface area contributed by atoms with Crippen LogP contribution < -0.4 is 5.32 Å². The van der Waals surface area contributed by atoms with E-state index < -0.39 is 10.8 Å². The van der Waals surface area contributed by atoms with Gasteiger partial charge in [-0.3, -0.25) is 4.21 Å². The summed E-state index contributed by atoms with van der Waals surface area (Å²) in [7, 11) is -0.568. The van der Waals surface area contributed by atoms with Crippen LogP contribution in [0.25, 0.3) is 0 Å². The minimum Gasteiger partial charge on any atom is -0.310 e. The van der Waals surface area contributed by atoms with Crippen LogP contribution in [-0.4, -0.2) is 27.3 Å². The van der Waals surface area contributed by atoms with Crippen molar-refractivity contribution >= 4 is 10.8 Å². The summed E-state index contributed by atoms with van der Waals surface area (Å²) in [5, 5.41) is 4.10. The lowest BCUT2D eigenvalue weighted by Gasteiger charge is -2.24. The molecule has 2 fully saturated rings. The van der Waals surface area contributed by atoms with Gasteiger partial charge in [0.05, 0.1) is 5.25 Å². The number of fused-ring (bicyclic) bond motifs is 1. The van der Waals surface area contributed by atoms with E-state index in [1.165, 1.54) is 32.1 Å². The number of hydrogen-bond acceptors (Lipinski definition) is 2. The zero-order valence-electron chi connectivity index (χ0n) is 9.00. The minimum absolute atomic E-state index is 0.447. The van der Waals surface area contributed by atoms with Gasteiger partial charge in [-0.15, -0.1) is 0 Å². The van der Waals surface area contributed by atoms with Crippen molar-refractivity contribution in [2.75, 3.05) is 5.75 Å². The molecule has 1 heterocycles. The first kappa shape index (κ1) is 10.6. The summed E-state index contributed by atoms with van der Waals surface area (Å²) < 4.78 is 12.0. The summed E-state index contributed by atoms with van der Waals surface area (Å²) in [6, 6.07) is 1.10. The number of rotatable bonds is 0. The lowest BCUT2D eigenvalue weighted by atomic mass is 10.1. The fraction of sp³-hybridized carbons (Fsp3) is 1.00. The van der Waals surface area contributed by atoms with E-state index in [4.69, 9.17) is 0 Å². The first-order valence-electron chi connectivity index (χ1n) is 5.90. The van der Waals surface area contributed by atoms with E-state index in [9.17, 15) is 4.21 Å². The largest absolute Gasteiger partial charge is 0.310 e. The van der Waals surface area contributed by atoms with Gasteiger partial charge in [-0.1, -0.05) is 19.3 Å². The van der Waals surface area contributed by atoms with Crippen LogP contribution in [0.2, 0.25) is 0 Å². The van der Waals surface area contributed by atoms with E-state index in [-0.39, 0.29) is 0 Å². The zero-order valence-corrected chi connectivity index (χ0v) is 9.81. The Morgan fingerprint density at radius 1 is 1.14 bits per heavy atom. The maximum absolute atomic E-state index is 12.0. The molecule has 0 aromatic heterocycles. The van der Waals surface area contributed by atoms with Gasteiger partial charge in [0.2, 0.25) is 0 Å². The van der Waals surface area contributed by atoms with Crippen LogP contribution in [0, 0.1) is 0 Å². The molecule has 0 aromatic carbocycles. The first-order chi connectivity index (χ1) is 6.77. The van der Waals surface area contributed by atoms with E-state index in [2.05, 4.69) is 12.2 Å². The van der Waals surface area contributed by atoms with Gasteiger partial charge in [0.1, 0.15) is 0 Å². The van der Waals surface area contributed by atoms with Crippen LogP contribution >= 0.6 is 0 Å². The third-order valence-electron chi connectivity index (χ3n) is 3.54. The second-order valence-corrected chi connectivity index (χ2v) is 6.50. The molecule has 2 nitrogen and oxygen atoms in total. The Bertz CT molecular complexity index is 219. The SMILES string of the molecule is CC1CCS(=O)C2CCCCCC2N1. The monoisotopic (exact) mass is 215 g/mol. The maximum atomic E-state index is 12.0. The van der Waals surface area contributed by atoms with Crippen molar-refractivity contribution in [3.63, 3.8) is 0 Å². The molecule has 2 rings (SSSR count).